The minimum atomic E-state index is -1.18. The van der Waals surface area contributed by atoms with Crippen molar-refractivity contribution in [2.45, 2.75) is 39.5 Å². The highest BCUT2D eigenvalue weighted by Gasteiger charge is 2.28. The van der Waals surface area contributed by atoms with Crippen molar-refractivity contribution in [1.29, 1.82) is 0 Å². The summed E-state index contributed by atoms with van der Waals surface area (Å²) in [6, 6.07) is 2.07. The molecule has 0 atom stereocenters. The Kier molecular flexibility index (Phi) is 6.80. The topological polar surface area (TPSA) is 127 Å². The number of hydrogen-bond donors (Lipinski definition) is 3. The Bertz CT molecular complexity index is 1190. The molecule has 3 aliphatic rings. The van der Waals surface area contributed by atoms with Crippen LogP contribution in [-0.4, -0.2) is 57.2 Å². The van der Waals surface area contributed by atoms with Crippen LogP contribution in [0.15, 0.2) is 16.7 Å². The molecule has 0 unspecified atom stereocenters. The Hall–Kier alpha value is -3.18. The molecule has 0 bridgehead atoms. The number of methoxy groups -OCH3 is 1. The second-order valence-electron chi connectivity index (χ2n) is 7.78. The first-order valence-corrected chi connectivity index (χ1v) is 11.7. The van der Waals surface area contributed by atoms with Crippen molar-refractivity contribution in [2.24, 2.45) is 4.40 Å². The third kappa shape index (κ3) is 4.64. The Morgan fingerprint density at radius 3 is 2.88 bits per heavy atom. The number of amidine groups is 1. The van der Waals surface area contributed by atoms with Gasteiger partial charge in [0, 0.05) is 28.6 Å². The molecule has 1 amide bonds. The molecule has 0 radical (unpaired) electrons. The lowest BCUT2D eigenvalue weighted by Crippen LogP contribution is -2.32. The average Bonchev–Trinajstić information content (AvgIpc) is 3.01. The molecule has 1 aliphatic carbocycles. The van der Waals surface area contributed by atoms with Gasteiger partial charge in [-0.1, -0.05) is 6.92 Å². The number of likely N-dealkylation sites (N-methyl/N-ethyl adjacent to an activating group) is 1. The molecule has 3 N–H and O–H groups in total. The summed E-state index contributed by atoms with van der Waals surface area (Å²) < 4.78 is 9.93. The third-order valence-corrected chi connectivity index (χ3v) is 6.34. The molecule has 0 spiro atoms. The number of amides is 1. The SMILES string of the molecule is CCNCCc1cc2nn(Cc3ncc(C)c(OC)c3C)nc3c-2c1CSN=C3NC(=O)O. The zero-order valence-electron chi connectivity index (χ0n) is 19.1. The van der Waals surface area contributed by atoms with Crippen molar-refractivity contribution >= 4 is 23.9 Å². The predicted molar refractivity (Wildman–Crippen MR) is 127 cm³/mol. The molecule has 4 rings (SSSR count). The van der Waals surface area contributed by atoms with Crippen molar-refractivity contribution < 1.29 is 14.6 Å². The first kappa shape index (κ1) is 23.0. The van der Waals surface area contributed by atoms with Gasteiger partial charge in [-0.15, -0.1) is 0 Å². The fraction of sp³-hybridized carbons (Fsp3) is 0.409. The van der Waals surface area contributed by atoms with Gasteiger partial charge in [-0.25, -0.2) is 4.79 Å². The van der Waals surface area contributed by atoms with Crippen LogP contribution in [0, 0.1) is 13.8 Å². The van der Waals surface area contributed by atoms with E-state index in [4.69, 9.17) is 9.84 Å². The fourth-order valence-electron chi connectivity index (χ4n) is 4.07. The lowest BCUT2D eigenvalue weighted by atomic mass is 10.1. The van der Waals surface area contributed by atoms with E-state index in [-0.39, 0.29) is 5.84 Å². The normalized spacial score (nSPS) is 13.0. The van der Waals surface area contributed by atoms with Crippen LogP contribution in [-0.2, 0) is 18.7 Å². The highest BCUT2D eigenvalue weighted by Crippen LogP contribution is 2.38. The van der Waals surface area contributed by atoms with Crippen LogP contribution in [0.1, 0.15) is 40.6 Å². The summed E-state index contributed by atoms with van der Waals surface area (Å²) in [6.07, 6.45) is 1.43. The number of pyridine rings is 1. The highest BCUT2D eigenvalue weighted by molar-refractivity contribution is 7.97. The van der Waals surface area contributed by atoms with Crippen molar-refractivity contribution in [3.63, 3.8) is 0 Å². The van der Waals surface area contributed by atoms with Gasteiger partial charge in [-0.05, 0) is 62.5 Å². The molecule has 3 heterocycles. The van der Waals surface area contributed by atoms with E-state index >= 15 is 0 Å². The molecule has 0 aromatic carbocycles. The third-order valence-electron chi connectivity index (χ3n) is 5.61. The number of aromatic nitrogens is 4. The number of nitrogens with zero attached hydrogens (tertiary/aromatic N) is 5. The van der Waals surface area contributed by atoms with Crippen LogP contribution < -0.4 is 15.4 Å². The fourth-order valence-corrected chi connectivity index (χ4v) is 4.86. The summed E-state index contributed by atoms with van der Waals surface area (Å²) >= 11 is 1.31. The Balaban J connectivity index is 1.81. The van der Waals surface area contributed by atoms with Crippen LogP contribution in [0.4, 0.5) is 4.79 Å². The maximum absolute atomic E-state index is 11.4. The zero-order valence-corrected chi connectivity index (χ0v) is 19.9. The van der Waals surface area contributed by atoms with Crippen molar-refractivity contribution in [1.82, 2.24) is 30.6 Å². The molecule has 33 heavy (non-hydrogen) atoms. The first-order chi connectivity index (χ1) is 15.9. The quantitative estimate of drug-likeness (QED) is 0.356. The molecular weight excluding hydrogens is 442 g/mol. The van der Waals surface area contributed by atoms with Crippen LogP contribution in [0.5, 0.6) is 5.75 Å². The number of carboxylic acid groups (broad SMARTS) is 1. The molecule has 0 saturated heterocycles. The van der Waals surface area contributed by atoms with Crippen molar-refractivity contribution in [2.75, 3.05) is 20.2 Å². The Morgan fingerprint density at radius 1 is 1.33 bits per heavy atom. The molecule has 0 fully saturated rings. The molecular formula is C22H27N7O3S. The molecule has 0 saturated carbocycles. The minimum absolute atomic E-state index is 0.211. The maximum Gasteiger partial charge on any atom is 0.410 e. The summed E-state index contributed by atoms with van der Waals surface area (Å²) in [5.41, 5.74) is 7.02. The van der Waals surface area contributed by atoms with Gasteiger partial charge in [-0.2, -0.15) is 19.4 Å². The summed E-state index contributed by atoms with van der Waals surface area (Å²) in [5.74, 6) is 1.63. The van der Waals surface area contributed by atoms with Gasteiger partial charge in [0.15, 0.2) is 5.84 Å². The van der Waals surface area contributed by atoms with E-state index < -0.39 is 6.09 Å². The Morgan fingerprint density at radius 2 is 2.15 bits per heavy atom. The summed E-state index contributed by atoms with van der Waals surface area (Å²) in [4.78, 5) is 17.5. The maximum atomic E-state index is 11.4. The number of ether oxygens (including phenoxy) is 1. The molecule has 10 nitrogen and oxygen atoms in total. The second-order valence-corrected chi connectivity index (χ2v) is 8.51. The smallest absolute Gasteiger partial charge is 0.410 e. The molecule has 11 heteroatoms. The highest BCUT2D eigenvalue weighted by atomic mass is 32.2. The van der Waals surface area contributed by atoms with Gasteiger partial charge in [-0.3, -0.25) is 10.3 Å². The van der Waals surface area contributed by atoms with Crippen LogP contribution in [0.3, 0.4) is 0 Å². The standard InChI is InChI=1S/C22H27N7O3S/c1-5-23-7-6-14-8-16-18-15(14)11-33-28-21(25-22(30)31)19(18)27-29(26-16)10-17-13(3)20(32-4)12(2)9-24-17/h8-9,23H,5-7,10-11H2,1-4H3,(H,25,28)(H,30,31). The monoisotopic (exact) mass is 469 g/mol. The predicted octanol–water partition coefficient (Wildman–Crippen LogP) is 2.78. The summed E-state index contributed by atoms with van der Waals surface area (Å²) in [5, 5.41) is 24.6. The number of hydrogen-bond acceptors (Lipinski definition) is 8. The van der Waals surface area contributed by atoms with Gasteiger partial charge in [0.05, 0.1) is 18.5 Å². The molecule has 1 aromatic heterocycles. The molecule has 1 aromatic rings. The number of carbonyl (C=O) groups is 1. The van der Waals surface area contributed by atoms with E-state index in [0.29, 0.717) is 18.0 Å². The largest absolute Gasteiger partial charge is 0.496 e. The van der Waals surface area contributed by atoms with E-state index in [1.54, 1.807) is 18.1 Å². The number of nitrogens with one attached hydrogen (secondary N) is 2. The van der Waals surface area contributed by atoms with Crippen LogP contribution in [0.2, 0.25) is 0 Å². The van der Waals surface area contributed by atoms with Gasteiger partial charge >= 0.3 is 6.09 Å². The van der Waals surface area contributed by atoms with E-state index in [1.165, 1.54) is 17.5 Å². The molecule has 2 aliphatic heterocycles. The van der Waals surface area contributed by atoms with E-state index in [2.05, 4.69) is 38.1 Å². The zero-order chi connectivity index (χ0) is 23.5. The van der Waals surface area contributed by atoms with E-state index in [0.717, 1.165) is 58.9 Å². The van der Waals surface area contributed by atoms with Gasteiger partial charge in [0.2, 0.25) is 0 Å². The minimum Gasteiger partial charge on any atom is -0.496 e. The van der Waals surface area contributed by atoms with Crippen LogP contribution >= 0.6 is 11.9 Å². The number of aryl methyl sites for hydroxylation is 1. The second kappa shape index (κ2) is 9.75. The van der Waals surface area contributed by atoms with E-state index in [1.807, 2.05) is 13.8 Å². The number of rotatable bonds is 7. The lowest BCUT2D eigenvalue weighted by Gasteiger charge is -2.15. The summed E-state index contributed by atoms with van der Waals surface area (Å²) in [7, 11) is 1.64. The summed E-state index contributed by atoms with van der Waals surface area (Å²) in [6.45, 7) is 8.04. The van der Waals surface area contributed by atoms with Crippen molar-refractivity contribution in [3.8, 4) is 17.0 Å². The lowest BCUT2D eigenvalue weighted by molar-refractivity contribution is 0.200. The van der Waals surface area contributed by atoms with E-state index in [9.17, 15) is 9.90 Å². The van der Waals surface area contributed by atoms with Gasteiger partial charge in [0.25, 0.3) is 0 Å². The average molecular weight is 470 g/mol. The van der Waals surface area contributed by atoms with Gasteiger partial charge < -0.3 is 15.2 Å². The molecule has 174 valence electrons. The van der Waals surface area contributed by atoms with Gasteiger partial charge in [0.1, 0.15) is 18.0 Å². The van der Waals surface area contributed by atoms with Crippen molar-refractivity contribution in [3.05, 3.63) is 45.9 Å². The van der Waals surface area contributed by atoms with Crippen LogP contribution in [0.25, 0.3) is 11.3 Å². The first-order valence-electron chi connectivity index (χ1n) is 10.7. The Labute approximate surface area is 196 Å².